The lowest BCUT2D eigenvalue weighted by molar-refractivity contribution is -0.384. The predicted octanol–water partition coefficient (Wildman–Crippen LogP) is 5.20. The first-order valence-electron chi connectivity index (χ1n) is 8.38. The number of amides is 1. The molecule has 1 amide bonds. The number of nitro groups is 1. The number of carbonyl (C=O) groups is 1. The molecule has 0 saturated carbocycles. The fourth-order valence-electron chi connectivity index (χ4n) is 2.66. The average molecular weight is 385 g/mol. The van der Waals surface area contributed by atoms with E-state index in [4.69, 9.17) is 16.3 Å². The van der Waals surface area contributed by atoms with Crippen LogP contribution < -0.4 is 10.1 Å². The fourth-order valence-corrected chi connectivity index (χ4v) is 2.83. The number of rotatable bonds is 6. The van der Waals surface area contributed by atoms with E-state index < -0.39 is 16.9 Å². The zero-order valence-corrected chi connectivity index (χ0v) is 15.3. The van der Waals surface area contributed by atoms with Gasteiger partial charge >= 0.3 is 0 Å². The normalized spacial score (nSPS) is 11.8. The van der Waals surface area contributed by atoms with Crippen molar-refractivity contribution in [2.45, 2.75) is 19.4 Å². The van der Waals surface area contributed by atoms with Crippen LogP contribution in [0.5, 0.6) is 5.75 Å². The molecule has 0 unspecified atom stereocenters. The molecule has 3 aromatic carbocycles. The molecule has 0 heterocycles. The van der Waals surface area contributed by atoms with E-state index in [1.54, 1.807) is 6.07 Å². The number of anilines is 1. The Labute approximate surface area is 160 Å². The van der Waals surface area contributed by atoms with Gasteiger partial charge in [-0.05, 0) is 35.4 Å². The van der Waals surface area contributed by atoms with E-state index in [9.17, 15) is 14.9 Å². The molecule has 6 nitrogen and oxygen atoms in total. The van der Waals surface area contributed by atoms with Crippen molar-refractivity contribution in [3.8, 4) is 5.75 Å². The van der Waals surface area contributed by atoms with Crippen LogP contribution in [-0.2, 0) is 4.79 Å². The Morgan fingerprint density at radius 1 is 1.15 bits per heavy atom. The van der Waals surface area contributed by atoms with Gasteiger partial charge in [0.1, 0.15) is 5.75 Å². The first kappa shape index (κ1) is 18.7. The molecule has 0 aliphatic carbocycles. The van der Waals surface area contributed by atoms with Crippen molar-refractivity contribution in [3.63, 3.8) is 0 Å². The van der Waals surface area contributed by atoms with Gasteiger partial charge in [0.05, 0.1) is 15.6 Å². The molecule has 0 radical (unpaired) electrons. The monoisotopic (exact) mass is 384 g/mol. The van der Waals surface area contributed by atoms with E-state index in [2.05, 4.69) is 5.32 Å². The summed E-state index contributed by atoms with van der Waals surface area (Å²) in [5, 5.41) is 15.8. The van der Waals surface area contributed by atoms with Crippen LogP contribution in [0.3, 0.4) is 0 Å². The second-order valence-electron chi connectivity index (χ2n) is 5.93. The molecule has 1 atom stereocenters. The molecule has 0 spiro atoms. The van der Waals surface area contributed by atoms with E-state index >= 15 is 0 Å². The van der Waals surface area contributed by atoms with Gasteiger partial charge in [0.25, 0.3) is 11.6 Å². The van der Waals surface area contributed by atoms with E-state index in [1.807, 2.05) is 43.3 Å². The summed E-state index contributed by atoms with van der Waals surface area (Å²) in [5.41, 5.74) is 0.0228. The minimum atomic E-state index is -0.763. The Balaban J connectivity index is 1.77. The summed E-state index contributed by atoms with van der Waals surface area (Å²) in [4.78, 5) is 22.9. The number of hydrogen-bond acceptors (Lipinski definition) is 4. The van der Waals surface area contributed by atoms with Crippen molar-refractivity contribution in [1.82, 2.24) is 0 Å². The van der Waals surface area contributed by atoms with Gasteiger partial charge in [-0.2, -0.15) is 0 Å². The van der Waals surface area contributed by atoms with E-state index in [-0.39, 0.29) is 16.4 Å². The second-order valence-corrected chi connectivity index (χ2v) is 6.34. The summed E-state index contributed by atoms with van der Waals surface area (Å²) in [6, 6.07) is 17.3. The first-order chi connectivity index (χ1) is 13.0. The molecular formula is C20H17ClN2O4. The topological polar surface area (TPSA) is 81.5 Å². The molecule has 0 bridgehead atoms. The summed E-state index contributed by atoms with van der Waals surface area (Å²) in [5.74, 6) is 0.147. The van der Waals surface area contributed by atoms with E-state index in [0.29, 0.717) is 12.2 Å². The number of nitrogens with one attached hydrogen (secondary N) is 1. The molecule has 27 heavy (non-hydrogen) atoms. The van der Waals surface area contributed by atoms with Crippen molar-refractivity contribution < 1.29 is 14.5 Å². The van der Waals surface area contributed by atoms with Gasteiger partial charge < -0.3 is 10.1 Å². The summed E-state index contributed by atoms with van der Waals surface area (Å²) < 4.78 is 5.83. The Morgan fingerprint density at radius 3 is 2.59 bits per heavy atom. The van der Waals surface area contributed by atoms with Crippen LogP contribution in [-0.4, -0.2) is 16.9 Å². The SMILES string of the molecule is CC[C@H](Oc1ccc2ccccc2c1)C(=O)Nc1cc([N+](=O)[O-])ccc1Cl. The van der Waals surface area contributed by atoms with E-state index in [0.717, 1.165) is 10.8 Å². The molecule has 7 heteroatoms. The highest BCUT2D eigenvalue weighted by molar-refractivity contribution is 6.33. The third-order valence-electron chi connectivity index (χ3n) is 4.08. The minimum Gasteiger partial charge on any atom is -0.481 e. The maximum atomic E-state index is 12.6. The summed E-state index contributed by atoms with van der Waals surface area (Å²) >= 11 is 6.04. The van der Waals surface area contributed by atoms with Crippen LogP contribution in [0.2, 0.25) is 5.02 Å². The van der Waals surface area contributed by atoms with Crippen LogP contribution in [0.4, 0.5) is 11.4 Å². The van der Waals surface area contributed by atoms with Gasteiger partial charge in [0.15, 0.2) is 6.10 Å². The summed E-state index contributed by atoms with van der Waals surface area (Å²) in [7, 11) is 0. The molecule has 0 aliphatic heterocycles. The van der Waals surface area contributed by atoms with Crippen LogP contribution in [0, 0.1) is 10.1 Å². The molecule has 0 aromatic heterocycles. The molecule has 3 rings (SSSR count). The molecule has 3 aromatic rings. The highest BCUT2D eigenvalue weighted by Crippen LogP contribution is 2.27. The number of nitrogens with zero attached hydrogens (tertiary/aromatic N) is 1. The zero-order valence-electron chi connectivity index (χ0n) is 14.5. The molecule has 0 aliphatic rings. The Kier molecular flexibility index (Phi) is 5.57. The smallest absolute Gasteiger partial charge is 0.271 e. The second kappa shape index (κ2) is 8.05. The highest BCUT2D eigenvalue weighted by Gasteiger charge is 2.21. The number of nitro benzene ring substituents is 1. The number of halogens is 1. The third-order valence-corrected chi connectivity index (χ3v) is 4.41. The van der Waals surface area contributed by atoms with Crippen LogP contribution in [0.15, 0.2) is 60.7 Å². The minimum absolute atomic E-state index is 0.154. The maximum Gasteiger partial charge on any atom is 0.271 e. The van der Waals surface area contributed by atoms with Gasteiger partial charge in [-0.15, -0.1) is 0 Å². The van der Waals surface area contributed by atoms with Crippen LogP contribution >= 0.6 is 11.6 Å². The summed E-state index contributed by atoms with van der Waals surface area (Å²) in [6.07, 6.45) is -0.341. The Bertz CT molecular complexity index is 1010. The molecule has 1 N–H and O–H groups in total. The van der Waals surface area contributed by atoms with Crippen molar-refractivity contribution in [1.29, 1.82) is 0 Å². The van der Waals surface area contributed by atoms with Gasteiger partial charge in [-0.1, -0.05) is 48.9 Å². The molecule has 0 saturated heterocycles. The van der Waals surface area contributed by atoms with Crippen LogP contribution in [0.25, 0.3) is 10.8 Å². The largest absolute Gasteiger partial charge is 0.481 e. The first-order valence-corrected chi connectivity index (χ1v) is 8.76. The number of non-ortho nitro benzene ring substituents is 1. The molecular weight excluding hydrogens is 368 g/mol. The average Bonchev–Trinajstić information content (AvgIpc) is 2.67. The Hall–Kier alpha value is -3.12. The Morgan fingerprint density at radius 2 is 1.89 bits per heavy atom. The van der Waals surface area contributed by atoms with Gasteiger partial charge in [-0.25, -0.2) is 0 Å². The van der Waals surface area contributed by atoms with Gasteiger partial charge in [0.2, 0.25) is 0 Å². The molecule has 138 valence electrons. The fraction of sp³-hybridized carbons (Fsp3) is 0.150. The number of fused-ring (bicyclic) bond motifs is 1. The predicted molar refractivity (Wildman–Crippen MR) is 105 cm³/mol. The van der Waals surface area contributed by atoms with Crippen molar-refractivity contribution in [2.24, 2.45) is 0 Å². The quantitative estimate of drug-likeness (QED) is 0.468. The lowest BCUT2D eigenvalue weighted by Gasteiger charge is -2.18. The van der Waals surface area contributed by atoms with Crippen LogP contribution in [0.1, 0.15) is 13.3 Å². The summed E-state index contributed by atoms with van der Waals surface area (Å²) in [6.45, 7) is 1.82. The molecule has 0 fully saturated rings. The van der Waals surface area contributed by atoms with E-state index in [1.165, 1.54) is 18.2 Å². The van der Waals surface area contributed by atoms with Crippen molar-refractivity contribution in [2.75, 3.05) is 5.32 Å². The lowest BCUT2D eigenvalue weighted by Crippen LogP contribution is -2.32. The highest BCUT2D eigenvalue weighted by atomic mass is 35.5. The van der Waals surface area contributed by atoms with Crippen molar-refractivity contribution >= 4 is 39.7 Å². The maximum absolute atomic E-state index is 12.6. The number of ether oxygens (including phenoxy) is 1. The lowest BCUT2D eigenvalue weighted by atomic mass is 10.1. The number of hydrogen-bond donors (Lipinski definition) is 1. The third kappa shape index (κ3) is 4.35. The number of carbonyl (C=O) groups excluding carboxylic acids is 1. The van der Waals surface area contributed by atoms with Crippen molar-refractivity contribution in [3.05, 3.63) is 75.8 Å². The zero-order chi connectivity index (χ0) is 19.4. The number of benzene rings is 3. The van der Waals surface area contributed by atoms with Gasteiger partial charge in [-0.3, -0.25) is 14.9 Å². The standard InChI is InChI=1S/C20H17ClN2O4/c1-2-19(27-16-9-7-13-5-3-4-6-14(13)11-16)20(24)22-18-12-15(23(25)26)8-10-17(18)21/h3-12,19H,2H2,1H3,(H,22,24)/t19-/m0/s1. The van der Waals surface area contributed by atoms with Gasteiger partial charge in [0, 0.05) is 12.1 Å².